The predicted octanol–water partition coefficient (Wildman–Crippen LogP) is 3.59. The highest BCUT2D eigenvalue weighted by atomic mass is 16.5. The summed E-state index contributed by atoms with van der Waals surface area (Å²) in [6.45, 7) is 2.89. The van der Waals surface area contributed by atoms with E-state index in [9.17, 15) is 0 Å². The molecule has 140 valence electrons. The van der Waals surface area contributed by atoms with Crippen molar-refractivity contribution in [3.8, 4) is 17.1 Å². The summed E-state index contributed by atoms with van der Waals surface area (Å²) >= 11 is 0. The van der Waals surface area contributed by atoms with E-state index in [1.807, 2.05) is 30.3 Å². The van der Waals surface area contributed by atoms with Gasteiger partial charge in [-0.25, -0.2) is 10.9 Å². The third kappa shape index (κ3) is 3.99. The Kier molecular flexibility index (Phi) is 5.41. The number of pyridine rings is 1. The van der Waals surface area contributed by atoms with Gasteiger partial charge in [0, 0.05) is 23.5 Å². The van der Waals surface area contributed by atoms with Crippen molar-refractivity contribution in [3.63, 3.8) is 0 Å². The van der Waals surface area contributed by atoms with Crippen molar-refractivity contribution in [2.75, 3.05) is 6.61 Å². The van der Waals surface area contributed by atoms with Gasteiger partial charge in [0.2, 0.25) is 11.7 Å². The molecule has 1 fully saturated rings. The number of nitrogens with one attached hydrogen (secondary N) is 2. The van der Waals surface area contributed by atoms with Gasteiger partial charge in [-0.15, -0.1) is 0 Å². The zero-order valence-electron chi connectivity index (χ0n) is 15.3. The standard InChI is InChI=1S/C20H23N5O2/c1-2-3-12-26-18-7-5-4-6-15(18)16-13-17(24-23-16)20-22-19(25-27-20)14-8-10-21-11-9-14/h4-11,16-17,23-24H,2-3,12-13H2,1H3. The lowest BCUT2D eigenvalue weighted by Gasteiger charge is -2.15. The van der Waals surface area contributed by atoms with Crippen LogP contribution in [0.3, 0.4) is 0 Å². The van der Waals surface area contributed by atoms with Gasteiger partial charge in [0.05, 0.1) is 12.6 Å². The molecule has 0 bridgehead atoms. The van der Waals surface area contributed by atoms with Crippen LogP contribution in [-0.2, 0) is 0 Å². The summed E-state index contributed by atoms with van der Waals surface area (Å²) in [6.07, 6.45) is 6.39. The first kappa shape index (κ1) is 17.6. The molecule has 3 heterocycles. The van der Waals surface area contributed by atoms with E-state index in [4.69, 9.17) is 9.26 Å². The van der Waals surface area contributed by atoms with E-state index in [-0.39, 0.29) is 12.1 Å². The summed E-state index contributed by atoms with van der Waals surface area (Å²) in [5.74, 6) is 2.07. The van der Waals surface area contributed by atoms with Crippen LogP contribution < -0.4 is 15.6 Å². The number of nitrogens with zero attached hydrogens (tertiary/aromatic N) is 3. The lowest BCUT2D eigenvalue weighted by molar-refractivity contribution is 0.303. The Hall–Kier alpha value is -2.77. The smallest absolute Gasteiger partial charge is 0.245 e. The topological polar surface area (TPSA) is 85.1 Å². The maximum absolute atomic E-state index is 5.97. The average Bonchev–Trinajstić information content (AvgIpc) is 3.39. The largest absolute Gasteiger partial charge is 0.493 e. The summed E-state index contributed by atoms with van der Waals surface area (Å²) in [6, 6.07) is 11.9. The number of aromatic nitrogens is 3. The van der Waals surface area contributed by atoms with E-state index in [1.54, 1.807) is 12.4 Å². The quantitative estimate of drug-likeness (QED) is 0.619. The molecule has 1 saturated heterocycles. The number of hydrogen-bond acceptors (Lipinski definition) is 7. The number of rotatable bonds is 7. The second kappa shape index (κ2) is 8.28. The van der Waals surface area contributed by atoms with Crippen molar-refractivity contribution < 1.29 is 9.26 Å². The van der Waals surface area contributed by atoms with Gasteiger partial charge in [-0.1, -0.05) is 36.7 Å². The minimum absolute atomic E-state index is 0.0539. The first-order valence-electron chi connectivity index (χ1n) is 9.32. The Morgan fingerprint density at radius 3 is 2.78 bits per heavy atom. The monoisotopic (exact) mass is 365 g/mol. The highest BCUT2D eigenvalue weighted by Gasteiger charge is 2.31. The molecular weight excluding hydrogens is 342 g/mol. The molecule has 3 aromatic rings. The van der Waals surface area contributed by atoms with Gasteiger partial charge in [0.1, 0.15) is 11.8 Å². The fourth-order valence-corrected chi connectivity index (χ4v) is 3.14. The van der Waals surface area contributed by atoms with Crippen LogP contribution in [-0.4, -0.2) is 21.7 Å². The van der Waals surface area contributed by atoms with Gasteiger partial charge in [0.25, 0.3) is 0 Å². The van der Waals surface area contributed by atoms with Gasteiger partial charge >= 0.3 is 0 Å². The molecule has 2 atom stereocenters. The second-order valence-corrected chi connectivity index (χ2v) is 6.56. The van der Waals surface area contributed by atoms with Crippen LogP contribution in [0, 0.1) is 0 Å². The molecule has 27 heavy (non-hydrogen) atoms. The molecule has 1 aliphatic rings. The minimum Gasteiger partial charge on any atom is -0.493 e. The highest BCUT2D eigenvalue weighted by Crippen LogP contribution is 2.35. The van der Waals surface area contributed by atoms with Crippen molar-refractivity contribution >= 4 is 0 Å². The molecule has 2 N–H and O–H groups in total. The average molecular weight is 365 g/mol. The third-order valence-corrected chi connectivity index (χ3v) is 4.63. The molecule has 0 spiro atoms. The molecule has 0 saturated carbocycles. The van der Waals surface area contributed by atoms with Crippen LogP contribution in [0.25, 0.3) is 11.4 Å². The van der Waals surface area contributed by atoms with Crippen LogP contribution in [0.1, 0.15) is 49.7 Å². The van der Waals surface area contributed by atoms with Crippen molar-refractivity contribution in [3.05, 3.63) is 60.2 Å². The molecule has 4 rings (SSSR count). The van der Waals surface area contributed by atoms with Crippen LogP contribution in [0.4, 0.5) is 0 Å². The maximum atomic E-state index is 5.97. The highest BCUT2D eigenvalue weighted by molar-refractivity contribution is 5.52. The lowest BCUT2D eigenvalue weighted by Crippen LogP contribution is -2.27. The predicted molar refractivity (Wildman–Crippen MR) is 101 cm³/mol. The van der Waals surface area contributed by atoms with E-state index >= 15 is 0 Å². The Balaban J connectivity index is 1.46. The zero-order chi connectivity index (χ0) is 18.5. The number of hydrogen-bond donors (Lipinski definition) is 2. The van der Waals surface area contributed by atoms with Crippen LogP contribution in [0.15, 0.2) is 53.3 Å². The van der Waals surface area contributed by atoms with Gasteiger partial charge < -0.3 is 9.26 Å². The molecule has 7 nitrogen and oxygen atoms in total. The molecule has 0 radical (unpaired) electrons. The number of ether oxygens (including phenoxy) is 1. The SMILES string of the molecule is CCCCOc1ccccc1C1CC(c2nc(-c3ccncc3)no2)NN1. The Morgan fingerprint density at radius 2 is 1.93 bits per heavy atom. The molecule has 1 aromatic carbocycles. The fraction of sp³-hybridized carbons (Fsp3) is 0.350. The Labute approximate surface area is 158 Å². The van der Waals surface area contributed by atoms with E-state index in [0.717, 1.165) is 42.7 Å². The van der Waals surface area contributed by atoms with Crippen LogP contribution >= 0.6 is 0 Å². The van der Waals surface area contributed by atoms with E-state index in [2.05, 4.69) is 39.0 Å². The zero-order valence-corrected chi connectivity index (χ0v) is 15.3. The van der Waals surface area contributed by atoms with Gasteiger partial charge in [-0.05, 0) is 31.0 Å². The molecular formula is C20H23N5O2. The van der Waals surface area contributed by atoms with Crippen LogP contribution in [0.2, 0.25) is 0 Å². The second-order valence-electron chi connectivity index (χ2n) is 6.56. The first-order valence-corrected chi connectivity index (χ1v) is 9.32. The van der Waals surface area contributed by atoms with Crippen molar-refractivity contribution in [1.82, 2.24) is 26.0 Å². The molecule has 2 unspecified atom stereocenters. The van der Waals surface area contributed by atoms with E-state index in [0.29, 0.717) is 11.7 Å². The normalized spacial score (nSPS) is 19.3. The Morgan fingerprint density at radius 1 is 1.11 bits per heavy atom. The van der Waals surface area contributed by atoms with Crippen molar-refractivity contribution in [1.29, 1.82) is 0 Å². The molecule has 1 aliphatic heterocycles. The number of benzene rings is 1. The van der Waals surface area contributed by atoms with Gasteiger partial charge in [0.15, 0.2) is 0 Å². The number of unbranched alkanes of at least 4 members (excludes halogenated alkanes) is 1. The number of hydrazine groups is 1. The Bertz CT molecular complexity index is 868. The summed E-state index contributed by atoms with van der Waals surface area (Å²) in [4.78, 5) is 8.55. The molecule has 7 heteroatoms. The van der Waals surface area contributed by atoms with Crippen molar-refractivity contribution in [2.45, 2.75) is 38.3 Å². The molecule has 0 aliphatic carbocycles. The minimum atomic E-state index is -0.0539. The third-order valence-electron chi connectivity index (χ3n) is 4.63. The van der Waals surface area contributed by atoms with E-state index < -0.39 is 0 Å². The molecule has 2 aromatic heterocycles. The summed E-state index contributed by atoms with van der Waals surface area (Å²) in [5, 5.41) is 4.09. The first-order chi connectivity index (χ1) is 13.3. The van der Waals surface area contributed by atoms with Gasteiger partial charge in [-0.3, -0.25) is 4.98 Å². The summed E-state index contributed by atoms with van der Waals surface area (Å²) in [7, 11) is 0. The van der Waals surface area contributed by atoms with Crippen LogP contribution in [0.5, 0.6) is 5.75 Å². The number of para-hydroxylation sites is 1. The van der Waals surface area contributed by atoms with Crippen molar-refractivity contribution in [2.24, 2.45) is 0 Å². The summed E-state index contributed by atoms with van der Waals surface area (Å²) in [5.41, 5.74) is 8.62. The fourth-order valence-electron chi connectivity index (χ4n) is 3.14. The maximum Gasteiger partial charge on any atom is 0.245 e. The molecule has 0 amide bonds. The van der Waals surface area contributed by atoms with Gasteiger partial charge in [-0.2, -0.15) is 4.98 Å². The van der Waals surface area contributed by atoms with E-state index in [1.165, 1.54) is 0 Å². The lowest BCUT2D eigenvalue weighted by atomic mass is 10.0. The summed E-state index contributed by atoms with van der Waals surface area (Å²) < 4.78 is 11.4.